The molecule has 3 heteroatoms. The van der Waals surface area contributed by atoms with Crippen molar-refractivity contribution in [3.05, 3.63) is 41.8 Å². The molecule has 2 aromatic carbocycles. The second kappa shape index (κ2) is 5.54. The molecule has 0 heterocycles. The zero-order chi connectivity index (χ0) is 23.3. The van der Waals surface area contributed by atoms with Crippen LogP contribution in [-0.2, 0) is 11.2 Å². The largest absolute Gasteiger partial charge is 0.497 e. The van der Waals surface area contributed by atoms with E-state index in [9.17, 15) is 4.79 Å². The fourth-order valence-corrected chi connectivity index (χ4v) is 1.35. The van der Waals surface area contributed by atoms with E-state index in [1.54, 1.807) is 0 Å². The van der Waals surface area contributed by atoms with E-state index < -0.39 is 78.6 Å². The van der Waals surface area contributed by atoms with Gasteiger partial charge in [-0.3, -0.25) is 4.79 Å². The lowest BCUT2D eigenvalue weighted by Gasteiger charge is -2.08. The number of aryl methyl sites for hydroxylation is 1. The number of carbonyl (C=O) groups is 1. The minimum atomic E-state index is -3.07. The van der Waals surface area contributed by atoms with Crippen molar-refractivity contribution in [1.29, 1.82) is 0 Å². The zero-order valence-electron chi connectivity index (χ0n) is 21.5. The molecule has 1 N–H and O–H groups in total. The third-order valence-corrected chi connectivity index (χ3v) is 2.09. The van der Waals surface area contributed by atoms with E-state index >= 15 is 0 Å². The number of hydrogen-bond acceptors (Lipinski definition) is 2. The van der Waals surface area contributed by atoms with Crippen molar-refractivity contribution < 1.29 is 26.0 Å². The molecule has 2 rings (SSSR count). The molecule has 0 bridgehead atoms. The van der Waals surface area contributed by atoms with E-state index in [1.807, 2.05) is 0 Å². The van der Waals surface area contributed by atoms with Crippen LogP contribution in [0.25, 0.3) is 10.8 Å². The Morgan fingerprint density at radius 3 is 3.22 bits per heavy atom. The second-order valence-electron chi connectivity index (χ2n) is 3.38. The Morgan fingerprint density at radius 2 is 2.44 bits per heavy atom. The van der Waals surface area contributed by atoms with E-state index in [2.05, 4.69) is 4.74 Å². The maximum atomic E-state index is 11.4. The molecule has 3 nitrogen and oxygen atoms in total. The van der Waals surface area contributed by atoms with Gasteiger partial charge in [0.15, 0.2) is 1.41 Å². The molecule has 0 radical (unpaired) electrons. The van der Waals surface area contributed by atoms with Gasteiger partial charge in [-0.2, -0.15) is 0 Å². The normalized spacial score (nSPS) is 21.4. The molecule has 0 atom stereocenters. The number of rotatable bonds is 4. The monoisotopic (exact) mass is 255 g/mol. The van der Waals surface area contributed by atoms with Crippen LogP contribution in [0.2, 0.25) is 1.41 Å². The summed E-state index contributed by atoms with van der Waals surface area (Å²) in [7, 11) is -3.07. The van der Waals surface area contributed by atoms with Crippen LogP contribution in [0.15, 0.2) is 36.3 Å². The van der Waals surface area contributed by atoms with Crippen LogP contribution in [-0.4, -0.2) is 19.4 Å². The van der Waals surface area contributed by atoms with Gasteiger partial charge in [-0.25, -0.2) is 0 Å². The molecule has 0 aliphatic rings. The predicted octanol–water partition coefficient (Wildman–Crippen LogP) is 2.53. The fourth-order valence-electron chi connectivity index (χ4n) is 1.35. The van der Waals surface area contributed by atoms with Crippen LogP contribution in [0, 0.1) is 0 Å². The number of methoxy groups -OCH3 is 1. The number of carbonyl (C=O) groups excluding carboxylic acids is 1. The maximum absolute atomic E-state index is 11.4. The first-order valence-electron chi connectivity index (χ1n) is 11.0. The lowest BCUT2D eigenvalue weighted by Crippen LogP contribution is -2.22. The summed E-state index contributed by atoms with van der Waals surface area (Å²) in [5.74, 6) is -1.77. The topological polar surface area (TPSA) is 38.3 Å². The van der Waals surface area contributed by atoms with Gasteiger partial charge in [0.1, 0.15) is 5.75 Å². The van der Waals surface area contributed by atoms with E-state index in [1.165, 1.54) is 0 Å². The lowest BCUT2D eigenvalue weighted by molar-refractivity contribution is -0.118. The van der Waals surface area contributed by atoms with Gasteiger partial charge >= 0.3 is 0 Å². The number of nitrogens with one attached hydrogen (secondary N) is 1. The smallest absolute Gasteiger partial charge is 0.216 e. The Bertz CT molecular complexity index is 1030. The van der Waals surface area contributed by atoms with Crippen molar-refractivity contribution in [2.24, 2.45) is 0 Å². The maximum Gasteiger partial charge on any atom is 0.216 e. The molecule has 0 aliphatic heterocycles. The molecule has 0 saturated heterocycles. The van der Waals surface area contributed by atoms with Gasteiger partial charge in [0.05, 0.1) is 19.4 Å². The number of benzene rings is 2. The second-order valence-corrected chi connectivity index (χ2v) is 3.38. The van der Waals surface area contributed by atoms with Crippen molar-refractivity contribution in [3.8, 4) is 5.75 Å². The minimum Gasteiger partial charge on any atom is -0.497 e. The number of ether oxygens (including phenoxy) is 1. The Labute approximate surface area is 124 Å². The van der Waals surface area contributed by atoms with Gasteiger partial charge < -0.3 is 10.0 Å². The number of hydrogen-bond donors (Lipinski definition) is 1. The van der Waals surface area contributed by atoms with Crippen LogP contribution in [0.1, 0.15) is 27.6 Å². The van der Waals surface area contributed by atoms with Crippen LogP contribution >= 0.6 is 0 Å². The van der Waals surface area contributed by atoms with Crippen molar-refractivity contribution in [3.63, 3.8) is 0 Å². The molecule has 94 valence electrons. The number of amides is 1. The Kier molecular flexibility index (Phi) is 1.31. The van der Waals surface area contributed by atoms with Crippen LogP contribution < -0.4 is 10.0 Å². The fraction of sp³-hybridized carbons (Fsp3) is 0.267. The van der Waals surface area contributed by atoms with Gasteiger partial charge in [0.25, 0.3) is 0 Å². The Hall–Kier alpha value is -2.03. The van der Waals surface area contributed by atoms with Crippen LogP contribution in [0.3, 0.4) is 0 Å². The summed E-state index contributed by atoms with van der Waals surface area (Å²) in [6.45, 7) is -1.75. The third kappa shape index (κ3) is 2.80. The van der Waals surface area contributed by atoms with E-state index in [0.717, 1.165) is 6.92 Å². The predicted molar refractivity (Wildman–Crippen MR) is 72.9 cm³/mol. The highest BCUT2D eigenvalue weighted by Crippen LogP contribution is 2.24. The molecule has 1 amide bonds. The minimum absolute atomic E-state index is 0.0143. The standard InChI is InChI=1S/C15H17NO2/c1-11(17)16-9-8-13-5-3-4-12-6-7-14(18-2)10-15(12)13/h3-7,10H,8-9H2,1-2H3,(H,16,17)/i2D3,3D,4D,5D,6D,7D,9D2,10D/hD. The highest BCUT2D eigenvalue weighted by Gasteiger charge is 2.03. The van der Waals surface area contributed by atoms with Gasteiger partial charge in [0.2, 0.25) is 5.91 Å². The van der Waals surface area contributed by atoms with Gasteiger partial charge in [-0.1, -0.05) is 24.2 Å². The summed E-state index contributed by atoms with van der Waals surface area (Å²) in [6.07, 6.45) is -0.854. The Morgan fingerprint density at radius 1 is 1.56 bits per heavy atom. The summed E-state index contributed by atoms with van der Waals surface area (Å²) >= 11 is 0. The average Bonchev–Trinajstić information content (AvgIpc) is 2.62. The summed E-state index contributed by atoms with van der Waals surface area (Å²) in [4.78, 5) is 11.4. The first kappa shape index (κ1) is 4.26. The van der Waals surface area contributed by atoms with Crippen molar-refractivity contribution in [1.82, 2.24) is 5.31 Å². The lowest BCUT2D eigenvalue weighted by atomic mass is 10.0. The first-order valence-corrected chi connectivity index (χ1v) is 5.02. The molecule has 0 saturated carbocycles. The molecule has 18 heavy (non-hydrogen) atoms. The van der Waals surface area contributed by atoms with E-state index in [0.29, 0.717) is 0 Å². The average molecular weight is 255 g/mol. The van der Waals surface area contributed by atoms with Crippen LogP contribution in [0.5, 0.6) is 5.75 Å². The van der Waals surface area contributed by atoms with Crippen molar-refractivity contribution >= 4 is 16.7 Å². The summed E-state index contributed by atoms with van der Waals surface area (Å²) in [5, 5.41) is -0.823. The summed E-state index contributed by atoms with van der Waals surface area (Å²) < 4.78 is 98.4. The Balaban J connectivity index is 2.97. The van der Waals surface area contributed by atoms with E-state index in [4.69, 9.17) is 16.5 Å². The van der Waals surface area contributed by atoms with Crippen molar-refractivity contribution in [2.45, 2.75) is 13.3 Å². The molecule has 2 aromatic rings. The zero-order valence-corrected chi connectivity index (χ0v) is 9.47. The SMILES string of the molecule is [2H]c1c([2H])c(CC([2H])([2H])N([2H])C(C)=O)c2c([2H])c(OC([2H])([2H])[2H])c([2H])c([2H])c2c1[2H]. The molecule has 0 unspecified atom stereocenters. The van der Waals surface area contributed by atoms with Gasteiger partial charge in [-0.15, -0.1) is 0 Å². The quantitative estimate of drug-likeness (QED) is 0.911. The van der Waals surface area contributed by atoms with Crippen molar-refractivity contribution in [2.75, 3.05) is 13.5 Å². The molecule has 0 fully saturated rings. The molecular formula is C15H17NO2. The van der Waals surface area contributed by atoms with Crippen LogP contribution in [0.4, 0.5) is 0 Å². The molecular weight excluding hydrogens is 226 g/mol. The first-order chi connectivity index (χ1) is 13.5. The van der Waals surface area contributed by atoms with Gasteiger partial charge in [-0.05, 0) is 34.8 Å². The summed E-state index contributed by atoms with van der Waals surface area (Å²) in [5.41, 5.74) is -0.386. The molecule has 0 aromatic heterocycles. The third-order valence-electron chi connectivity index (χ3n) is 2.09. The summed E-state index contributed by atoms with van der Waals surface area (Å²) in [6, 6.07) is -4.36. The molecule has 0 spiro atoms. The molecule has 0 aliphatic carbocycles. The van der Waals surface area contributed by atoms with Gasteiger partial charge in [0, 0.05) is 16.2 Å². The number of fused-ring (bicyclic) bond motifs is 1. The van der Waals surface area contributed by atoms with E-state index in [-0.39, 0.29) is 10.9 Å². The highest BCUT2D eigenvalue weighted by molar-refractivity contribution is 5.87. The highest BCUT2D eigenvalue weighted by atomic mass is 16.5.